The van der Waals surface area contributed by atoms with Crippen LogP contribution in [-0.4, -0.2) is 68.3 Å². The monoisotopic (exact) mass is 399 g/mol. The van der Waals surface area contributed by atoms with Crippen molar-refractivity contribution in [3.63, 3.8) is 0 Å². The van der Waals surface area contributed by atoms with Crippen molar-refractivity contribution in [1.82, 2.24) is 20.5 Å². The minimum atomic E-state index is 0.502. The lowest BCUT2D eigenvalue weighted by Crippen LogP contribution is -2.49. The number of nitrogens with one attached hydrogen (secondary N) is 3. The van der Waals surface area contributed by atoms with Gasteiger partial charge in [-0.2, -0.15) is 0 Å². The van der Waals surface area contributed by atoms with Crippen LogP contribution in [0.3, 0.4) is 0 Å². The van der Waals surface area contributed by atoms with E-state index in [-0.39, 0.29) is 0 Å². The molecule has 6 nitrogen and oxygen atoms in total. The number of methoxy groups -OCH3 is 1. The van der Waals surface area contributed by atoms with Crippen molar-refractivity contribution in [3.8, 4) is 0 Å². The summed E-state index contributed by atoms with van der Waals surface area (Å²) < 4.78 is 5.16. The predicted molar refractivity (Wildman–Crippen MR) is 122 cm³/mol. The van der Waals surface area contributed by atoms with Crippen molar-refractivity contribution in [3.05, 3.63) is 35.5 Å². The number of aromatic amines is 1. The van der Waals surface area contributed by atoms with Crippen molar-refractivity contribution in [2.45, 2.75) is 45.6 Å². The van der Waals surface area contributed by atoms with Crippen LogP contribution in [0.15, 0.2) is 29.4 Å². The van der Waals surface area contributed by atoms with Gasteiger partial charge in [-0.05, 0) is 50.7 Å². The number of likely N-dealkylation sites (tertiary alicyclic amines) is 1. The Balaban J connectivity index is 1.49. The molecule has 0 saturated carbocycles. The molecule has 0 unspecified atom stereocenters. The molecule has 6 heteroatoms. The summed E-state index contributed by atoms with van der Waals surface area (Å²) in [5.74, 6) is 0.946. The molecule has 0 amide bonds. The Hall–Kier alpha value is -2.05. The summed E-state index contributed by atoms with van der Waals surface area (Å²) in [4.78, 5) is 10.8. The van der Waals surface area contributed by atoms with Crippen LogP contribution >= 0.6 is 0 Å². The van der Waals surface area contributed by atoms with Crippen LogP contribution in [0.5, 0.6) is 0 Å². The molecule has 29 heavy (non-hydrogen) atoms. The van der Waals surface area contributed by atoms with Gasteiger partial charge in [0.2, 0.25) is 0 Å². The van der Waals surface area contributed by atoms with Gasteiger partial charge in [0.05, 0.1) is 0 Å². The van der Waals surface area contributed by atoms with Gasteiger partial charge < -0.3 is 25.3 Å². The molecule has 2 aromatic rings. The summed E-state index contributed by atoms with van der Waals surface area (Å²) in [7, 11) is 1.78. The number of fused-ring (bicyclic) bond motifs is 1. The lowest BCUT2D eigenvalue weighted by molar-refractivity contribution is 0.155. The molecule has 160 valence electrons. The second-order valence-electron chi connectivity index (χ2n) is 7.93. The molecule has 1 saturated heterocycles. The average molecular weight is 400 g/mol. The summed E-state index contributed by atoms with van der Waals surface area (Å²) in [6.07, 6.45) is 6.52. The summed E-state index contributed by atoms with van der Waals surface area (Å²) in [5, 5.41) is 8.38. The zero-order valence-corrected chi connectivity index (χ0v) is 18.3. The minimum Gasteiger partial charge on any atom is -0.385 e. The fraction of sp³-hybridized carbons (Fsp3) is 0.609. The lowest BCUT2D eigenvalue weighted by atomic mass is 10.1. The zero-order valence-electron chi connectivity index (χ0n) is 18.3. The number of piperidine rings is 1. The van der Waals surface area contributed by atoms with Gasteiger partial charge in [-0.25, -0.2) is 0 Å². The first-order valence-electron chi connectivity index (χ1n) is 11.0. The quantitative estimate of drug-likeness (QED) is 0.344. The third-order valence-electron chi connectivity index (χ3n) is 5.76. The number of H-pyrrole nitrogens is 1. The fourth-order valence-corrected chi connectivity index (χ4v) is 4.11. The first-order valence-corrected chi connectivity index (χ1v) is 11.0. The first kappa shape index (κ1) is 21.7. The number of nitrogens with zero attached hydrogens (tertiary/aromatic N) is 2. The number of benzene rings is 1. The van der Waals surface area contributed by atoms with E-state index in [2.05, 4.69) is 58.8 Å². The molecule has 3 rings (SSSR count). The van der Waals surface area contributed by atoms with Crippen molar-refractivity contribution in [1.29, 1.82) is 0 Å². The van der Waals surface area contributed by atoms with Gasteiger partial charge in [-0.15, -0.1) is 0 Å². The second-order valence-corrected chi connectivity index (χ2v) is 7.93. The molecular formula is C23H37N5O. The van der Waals surface area contributed by atoms with Gasteiger partial charge in [0.25, 0.3) is 0 Å². The molecule has 1 aromatic carbocycles. The Morgan fingerprint density at radius 1 is 1.31 bits per heavy atom. The van der Waals surface area contributed by atoms with E-state index in [1.165, 1.54) is 34.9 Å². The Kier molecular flexibility index (Phi) is 8.38. The van der Waals surface area contributed by atoms with Crippen LogP contribution in [-0.2, 0) is 11.2 Å². The first-order chi connectivity index (χ1) is 14.2. The maximum absolute atomic E-state index is 5.16. The van der Waals surface area contributed by atoms with Gasteiger partial charge in [-0.3, -0.25) is 4.99 Å². The van der Waals surface area contributed by atoms with E-state index in [1.807, 2.05) is 0 Å². The number of guanidine groups is 1. The van der Waals surface area contributed by atoms with Crippen molar-refractivity contribution < 1.29 is 4.74 Å². The molecule has 0 atom stereocenters. The third kappa shape index (κ3) is 6.21. The lowest BCUT2D eigenvalue weighted by Gasteiger charge is -2.33. The van der Waals surface area contributed by atoms with Crippen LogP contribution in [0.4, 0.5) is 0 Å². The second kappa shape index (κ2) is 11.2. The predicted octanol–water partition coefficient (Wildman–Crippen LogP) is 3.07. The van der Waals surface area contributed by atoms with Gasteiger partial charge >= 0.3 is 0 Å². The number of rotatable bonds is 9. The average Bonchev–Trinajstić information content (AvgIpc) is 3.14. The molecule has 1 aromatic heterocycles. The van der Waals surface area contributed by atoms with Crippen molar-refractivity contribution in [2.24, 2.45) is 4.99 Å². The largest absolute Gasteiger partial charge is 0.385 e. The van der Waals surface area contributed by atoms with Crippen LogP contribution < -0.4 is 10.6 Å². The van der Waals surface area contributed by atoms with E-state index < -0.39 is 0 Å². The Morgan fingerprint density at radius 3 is 2.90 bits per heavy atom. The molecule has 0 spiro atoms. The van der Waals surface area contributed by atoms with Crippen LogP contribution in [0.25, 0.3) is 10.9 Å². The number of aryl methyl sites for hydroxylation is 1. The SMILES string of the molecule is CCNC(=NCCc1c[nH]c2c(C)cccc12)NC1CCN(CCCOC)CC1. The van der Waals surface area contributed by atoms with E-state index in [4.69, 9.17) is 9.73 Å². The van der Waals surface area contributed by atoms with E-state index in [1.54, 1.807) is 7.11 Å². The fourth-order valence-electron chi connectivity index (χ4n) is 4.11. The number of aromatic nitrogens is 1. The summed E-state index contributed by atoms with van der Waals surface area (Å²) in [6, 6.07) is 6.98. The topological polar surface area (TPSA) is 64.7 Å². The highest BCUT2D eigenvalue weighted by molar-refractivity contribution is 5.86. The maximum atomic E-state index is 5.16. The smallest absolute Gasteiger partial charge is 0.191 e. The normalized spacial score (nSPS) is 16.4. The Labute approximate surface area is 175 Å². The van der Waals surface area contributed by atoms with Gasteiger partial charge in [0.15, 0.2) is 5.96 Å². The highest BCUT2D eigenvalue weighted by Gasteiger charge is 2.19. The van der Waals surface area contributed by atoms with E-state index in [0.717, 1.165) is 58.1 Å². The molecule has 1 aliphatic rings. The zero-order chi connectivity index (χ0) is 20.5. The molecule has 1 fully saturated rings. The number of ether oxygens (including phenoxy) is 1. The maximum Gasteiger partial charge on any atom is 0.191 e. The van der Waals surface area contributed by atoms with Gasteiger partial charge in [-0.1, -0.05) is 18.2 Å². The van der Waals surface area contributed by atoms with Gasteiger partial charge in [0, 0.05) is 69.6 Å². The van der Waals surface area contributed by atoms with Crippen molar-refractivity contribution in [2.75, 3.05) is 46.4 Å². The van der Waals surface area contributed by atoms with E-state index in [9.17, 15) is 0 Å². The molecule has 1 aliphatic heterocycles. The third-order valence-corrected chi connectivity index (χ3v) is 5.76. The number of hydrogen-bond donors (Lipinski definition) is 3. The molecule has 0 bridgehead atoms. The number of para-hydroxylation sites is 1. The minimum absolute atomic E-state index is 0.502. The van der Waals surface area contributed by atoms with Crippen molar-refractivity contribution >= 4 is 16.9 Å². The summed E-state index contributed by atoms with van der Waals surface area (Å²) in [5.41, 5.74) is 3.88. The molecule has 2 heterocycles. The Morgan fingerprint density at radius 2 is 2.14 bits per heavy atom. The Bertz CT molecular complexity index is 777. The molecular weight excluding hydrogens is 362 g/mol. The van der Waals surface area contributed by atoms with Crippen LogP contribution in [0, 0.1) is 6.92 Å². The molecule has 0 radical (unpaired) electrons. The van der Waals surface area contributed by atoms with E-state index in [0.29, 0.717) is 6.04 Å². The van der Waals surface area contributed by atoms with Gasteiger partial charge in [0.1, 0.15) is 0 Å². The highest BCUT2D eigenvalue weighted by atomic mass is 16.5. The highest BCUT2D eigenvalue weighted by Crippen LogP contribution is 2.21. The van der Waals surface area contributed by atoms with E-state index >= 15 is 0 Å². The summed E-state index contributed by atoms with van der Waals surface area (Å²) >= 11 is 0. The number of aliphatic imine (C=N–C) groups is 1. The summed E-state index contributed by atoms with van der Waals surface area (Å²) in [6.45, 7) is 10.2. The van der Waals surface area contributed by atoms with Crippen LogP contribution in [0.2, 0.25) is 0 Å². The molecule has 0 aliphatic carbocycles. The number of hydrogen-bond acceptors (Lipinski definition) is 3. The molecule has 3 N–H and O–H groups in total. The standard InChI is InChI=1S/C23H37N5O/c1-4-24-23(27-20-10-14-28(15-11-20)13-6-16-29-3)25-12-9-19-17-26-22-18(2)7-5-8-21(19)22/h5,7-8,17,20,26H,4,6,9-16H2,1-3H3,(H2,24,25,27). The van der Waals surface area contributed by atoms with Crippen LogP contribution in [0.1, 0.15) is 37.3 Å².